The molecule has 1 unspecified atom stereocenters. The summed E-state index contributed by atoms with van der Waals surface area (Å²) in [7, 11) is 0. The lowest BCUT2D eigenvalue weighted by Gasteiger charge is -2.11. The van der Waals surface area contributed by atoms with Crippen LogP contribution in [0.1, 0.15) is 11.6 Å². The normalized spacial score (nSPS) is 12.7. The number of nitrogens with zero attached hydrogens (tertiary/aromatic N) is 2. The van der Waals surface area contributed by atoms with Gasteiger partial charge in [-0.2, -0.15) is 5.10 Å². The van der Waals surface area contributed by atoms with E-state index >= 15 is 0 Å². The number of rotatable bonds is 3. The highest BCUT2D eigenvalue weighted by Crippen LogP contribution is 2.13. The zero-order chi connectivity index (χ0) is 10.7. The molecule has 0 fully saturated rings. The lowest BCUT2D eigenvalue weighted by molar-refractivity contribution is 0.527. The maximum atomic E-state index is 6.06. The molecule has 0 aliphatic heterocycles. The van der Waals surface area contributed by atoms with Gasteiger partial charge in [-0.15, -0.1) is 0 Å². The van der Waals surface area contributed by atoms with Gasteiger partial charge in [0.2, 0.25) is 0 Å². The topological polar surface area (TPSA) is 43.8 Å². The third-order valence-electron chi connectivity index (χ3n) is 2.21. The van der Waals surface area contributed by atoms with Crippen molar-refractivity contribution in [3.63, 3.8) is 0 Å². The Hall–Kier alpha value is -1.13. The molecule has 0 aliphatic carbocycles. The summed E-state index contributed by atoms with van der Waals surface area (Å²) in [5.41, 5.74) is 7.19. The Morgan fingerprint density at radius 3 is 2.67 bits per heavy atom. The summed E-state index contributed by atoms with van der Waals surface area (Å²) in [5.74, 6) is 0. The Kier molecular flexibility index (Phi) is 3.18. The first kappa shape index (κ1) is 10.4. The summed E-state index contributed by atoms with van der Waals surface area (Å²) in [4.78, 5) is 0. The van der Waals surface area contributed by atoms with E-state index in [0.717, 1.165) is 10.0 Å². The van der Waals surface area contributed by atoms with Crippen LogP contribution in [0.5, 0.6) is 0 Å². The standard InChI is InChI=1S/C11H12BrN3/c12-10-6-14-15(7-10)8-11(13)9-4-2-1-3-5-9/h1-7,11H,8,13H2. The number of hydrogen-bond acceptors (Lipinski definition) is 2. The van der Waals surface area contributed by atoms with Gasteiger partial charge >= 0.3 is 0 Å². The molecule has 1 atom stereocenters. The summed E-state index contributed by atoms with van der Waals surface area (Å²) >= 11 is 3.35. The molecule has 15 heavy (non-hydrogen) atoms. The van der Waals surface area contributed by atoms with Gasteiger partial charge in [0.05, 0.1) is 17.2 Å². The fourth-order valence-electron chi connectivity index (χ4n) is 1.45. The van der Waals surface area contributed by atoms with Crippen LogP contribution in [0.25, 0.3) is 0 Å². The number of hydrogen-bond donors (Lipinski definition) is 1. The van der Waals surface area contributed by atoms with Gasteiger partial charge in [-0.1, -0.05) is 30.3 Å². The molecule has 0 bridgehead atoms. The van der Waals surface area contributed by atoms with E-state index in [4.69, 9.17) is 5.73 Å². The highest BCUT2D eigenvalue weighted by molar-refractivity contribution is 9.10. The van der Waals surface area contributed by atoms with E-state index in [9.17, 15) is 0 Å². The quantitative estimate of drug-likeness (QED) is 0.926. The average Bonchev–Trinajstić information content (AvgIpc) is 2.65. The molecule has 0 saturated carbocycles. The van der Waals surface area contributed by atoms with E-state index in [1.165, 1.54) is 0 Å². The molecule has 0 radical (unpaired) electrons. The average molecular weight is 266 g/mol. The highest BCUT2D eigenvalue weighted by atomic mass is 79.9. The van der Waals surface area contributed by atoms with Gasteiger partial charge in [0.25, 0.3) is 0 Å². The zero-order valence-electron chi connectivity index (χ0n) is 8.18. The zero-order valence-corrected chi connectivity index (χ0v) is 9.76. The maximum absolute atomic E-state index is 6.06. The van der Waals surface area contributed by atoms with Crippen molar-refractivity contribution in [2.24, 2.45) is 5.73 Å². The molecule has 2 aromatic rings. The van der Waals surface area contributed by atoms with Crippen LogP contribution in [-0.2, 0) is 6.54 Å². The molecular weight excluding hydrogens is 254 g/mol. The summed E-state index contributed by atoms with van der Waals surface area (Å²) in [6.45, 7) is 0.690. The lowest BCUT2D eigenvalue weighted by Crippen LogP contribution is -2.17. The van der Waals surface area contributed by atoms with E-state index in [-0.39, 0.29) is 6.04 Å². The second kappa shape index (κ2) is 4.59. The number of halogens is 1. The predicted molar refractivity (Wildman–Crippen MR) is 63.3 cm³/mol. The Balaban J connectivity index is 2.07. The number of nitrogens with two attached hydrogens (primary N) is 1. The Morgan fingerprint density at radius 2 is 2.07 bits per heavy atom. The Labute approximate surface area is 97.0 Å². The van der Waals surface area contributed by atoms with Gasteiger partial charge in [0, 0.05) is 12.2 Å². The molecule has 78 valence electrons. The van der Waals surface area contributed by atoms with Crippen LogP contribution >= 0.6 is 15.9 Å². The van der Waals surface area contributed by atoms with Crippen LogP contribution < -0.4 is 5.73 Å². The highest BCUT2D eigenvalue weighted by Gasteiger charge is 2.06. The first-order chi connectivity index (χ1) is 7.25. The minimum atomic E-state index is -0.0157. The molecule has 2 N–H and O–H groups in total. The van der Waals surface area contributed by atoms with E-state index in [1.54, 1.807) is 6.20 Å². The van der Waals surface area contributed by atoms with Gasteiger partial charge in [0.15, 0.2) is 0 Å². The van der Waals surface area contributed by atoms with Crippen molar-refractivity contribution in [2.45, 2.75) is 12.6 Å². The van der Waals surface area contributed by atoms with Gasteiger partial charge in [-0.3, -0.25) is 4.68 Å². The molecule has 1 heterocycles. The second-order valence-electron chi connectivity index (χ2n) is 3.40. The summed E-state index contributed by atoms with van der Waals surface area (Å²) in [5, 5.41) is 4.17. The molecule has 0 saturated heterocycles. The van der Waals surface area contributed by atoms with Gasteiger partial charge in [-0.25, -0.2) is 0 Å². The molecule has 4 heteroatoms. The van der Waals surface area contributed by atoms with E-state index in [0.29, 0.717) is 6.54 Å². The minimum absolute atomic E-state index is 0.0157. The van der Waals surface area contributed by atoms with E-state index in [2.05, 4.69) is 21.0 Å². The molecular formula is C11H12BrN3. The van der Waals surface area contributed by atoms with Crippen molar-refractivity contribution in [3.05, 3.63) is 52.8 Å². The first-order valence-electron chi connectivity index (χ1n) is 4.74. The molecule has 1 aromatic carbocycles. The fraction of sp³-hybridized carbons (Fsp3) is 0.182. The van der Waals surface area contributed by atoms with Crippen molar-refractivity contribution >= 4 is 15.9 Å². The maximum Gasteiger partial charge on any atom is 0.0632 e. The van der Waals surface area contributed by atoms with Crippen molar-refractivity contribution in [1.82, 2.24) is 9.78 Å². The molecule has 1 aromatic heterocycles. The van der Waals surface area contributed by atoms with Crippen LogP contribution in [0.2, 0.25) is 0 Å². The van der Waals surface area contributed by atoms with Crippen LogP contribution in [-0.4, -0.2) is 9.78 Å². The van der Waals surface area contributed by atoms with E-state index < -0.39 is 0 Å². The van der Waals surface area contributed by atoms with E-state index in [1.807, 2.05) is 41.2 Å². The van der Waals surface area contributed by atoms with Crippen molar-refractivity contribution < 1.29 is 0 Å². The predicted octanol–water partition coefficient (Wildman–Crippen LogP) is 2.35. The van der Waals surface area contributed by atoms with Gasteiger partial charge in [-0.05, 0) is 21.5 Å². The Bertz CT molecular complexity index is 424. The molecule has 0 aliphatic rings. The van der Waals surface area contributed by atoms with Crippen molar-refractivity contribution in [2.75, 3.05) is 0 Å². The van der Waals surface area contributed by atoms with Crippen LogP contribution in [0.3, 0.4) is 0 Å². The summed E-state index contributed by atoms with van der Waals surface area (Å²) in [6, 6.07) is 10.0. The van der Waals surface area contributed by atoms with Crippen LogP contribution in [0.15, 0.2) is 47.2 Å². The second-order valence-corrected chi connectivity index (χ2v) is 4.31. The van der Waals surface area contributed by atoms with Crippen LogP contribution in [0.4, 0.5) is 0 Å². The lowest BCUT2D eigenvalue weighted by atomic mass is 10.1. The molecule has 2 rings (SSSR count). The van der Waals surface area contributed by atoms with Crippen molar-refractivity contribution in [3.8, 4) is 0 Å². The summed E-state index contributed by atoms with van der Waals surface area (Å²) < 4.78 is 2.81. The third-order valence-corrected chi connectivity index (χ3v) is 2.62. The SMILES string of the molecule is NC(Cn1cc(Br)cn1)c1ccccc1. The third kappa shape index (κ3) is 2.67. The molecule has 3 nitrogen and oxygen atoms in total. The largest absolute Gasteiger partial charge is 0.322 e. The van der Waals surface area contributed by atoms with Gasteiger partial charge < -0.3 is 5.73 Å². The molecule has 0 amide bonds. The smallest absolute Gasteiger partial charge is 0.0632 e. The van der Waals surface area contributed by atoms with Gasteiger partial charge in [0.1, 0.15) is 0 Å². The molecule has 0 spiro atoms. The monoisotopic (exact) mass is 265 g/mol. The minimum Gasteiger partial charge on any atom is -0.322 e. The fourth-order valence-corrected chi connectivity index (χ4v) is 1.77. The van der Waals surface area contributed by atoms with Crippen LogP contribution in [0, 0.1) is 0 Å². The number of benzene rings is 1. The number of aromatic nitrogens is 2. The van der Waals surface area contributed by atoms with Crippen molar-refractivity contribution in [1.29, 1.82) is 0 Å². The Morgan fingerprint density at radius 1 is 1.33 bits per heavy atom. The first-order valence-corrected chi connectivity index (χ1v) is 5.53. The summed E-state index contributed by atoms with van der Waals surface area (Å²) in [6.07, 6.45) is 3.68.